The molecule has 27 heavy (non-hydrogen) atoms. The van der Waals surface area contributed by atoms with Crippen molar-refractivity contribution in [3.05, 3.63) is 35.9 Å². The van der Waals surface area contributed by atoms with E-state index >= 15 is 0 Å². The van der Waals surface area contributed by atoms with Crippen molar-refractivity contribution in [1.82, 2.24) is 10.6 Å². The molecule has 0 saturated heterocycles. The topological polar surface area (TPSA) is 93.7 Å². The Labute approximate surface area is 160 Å². The van der Waals surface area contributed by atoms with E-state index in [1.54, 1.807) is 37.5 Å². The average Bonchev–Trinajstić information content (AvgIpc) is 2.64. The van der Waals surface area contributed by atoms with Crippen LogP contribution in [0.4, 0.5) is 0 Å². The number of rotatable bonds is 10. The molecule has 0 aromatic heterocycles. The molecule has 1 aromatic carbocycles. The number of amides is 2. The van der Waals surface area contributed by atoms with Crippen molar-refractivity contribution in [3.63, 3.8) is 0 Å². The van der Waals surface area contributed by atoms with E-state index in [2.05, 4.69) is 10.6 Å². The summed E-state index contributed by atoms with van der Waals surface area (Å²) in [5, 5.41) is 5.24. The predicted octanol–water partition coefficient (Wildman–Crippen LogP) is 2.06. The second-order valence-corrected chi connectivity index (χ2v) is 6.20. The third-order valence-electron chi connectivity index (χ3n) is 3.73. The minimum Gasteiger partial charge on any atom is -0.497 e. The maximum absolute atomic E-state index is 11.9. The van der Waals surface area contributed by atoms with E-state index < -0.39 is 17.9 Å². The van der Waals surface area contributed by atoms with Crippen molar-refractivity contribution in [2.24, 2.45) is 0 Å². The fraction of sp³-hybridized carbons (Fsp3) is 0.450. The second-order valence-electron chi connectivity index (χ2n) is 6.20. The number of carbonyl (C=O) groups excluding carboxylic acids is 3. The van der Waals surface area contributed by atoms with E-state index in [0.29, 0.717) is 0 Å². The van der Waals surface area contributed by atoms with Gasteiger partial charge < -0.3 is 20.1 Å². The summed E-state index contributed by atoms with van der Waals surface area (Å²) in [6, 6.07) is 6.34. The summed E-state index contributed by atoms with van der Waals surface area (Å²) in [6.45, 7) is 5.05. The molecule has 0 unspecified atom stereocenters. The van der Waals surface area contributed by atoms with E-state index in [0.717, 1.165) is 24.2 Å². The van der Waals surface area contributed by atoms with Gasteiger partial charge in [0.1, 0.15) is 11.8 Å². The van der Waals surface area contributed by atoms with Crippen LogP contribution in [0.3, 0.4) is 0 Å². The highest BCUT2D eigenvalue weighted by Crippen LogP contribution is 2.12. The van der Waals surface area contributed by atoms with Crippen LogP contribution in [0.25, 0.3) is 6.08 Å². The van der Waals surface area contributed by atoms with Gasteiger partial charge in [-0.25, -0.2) is 4.79 Å². The lowest BCUT2D eigenvalue weighted by Gasteiger charge is -2.14. The molecular weight excluding hydrogens is 348 g/mol. The smallest absolute Gasteiger partial charge is 0.328 e. The Bertz CT molecular complexity index is 655. The molecule has 2 N–H and O–H groups in total. The monoisotopic (exact) mass is 376 g/mol. The molecule has 0 radical (unpaired) electrons. The summed E-state index contributed by atoms with van der Waals surface area (Å²) in [7, 11) is 1.58. The van der Waals surface area contributed by atoms with Gasteiger partial charge in [-0.15, -0.1) is 0 Å². The minimum absolute atomic E-state index is 0.0291. The van der Waals surface area contributed by atoms with E-state index in [4.69, 9.17) is 9.47 Å². The van der Waals surface area contributed by atoms with Crippen LogP contribution in [0.15, 0.2) is 30.3 Å². The first-order valence-corrected chi connectivity index (χ1v) is 8.94. The molecule has 0 aliphatic carbocycles. The molecule has 0 spiro atoms. The first-order chi connectivity index (χ1) is 12.8. The van der Waals surface area contributed by atoms with Crippen LogP contribution in [0, 0.1) is 0 Å². The van der Waals surface area contributed by atoms with Gasteiger partial charge in [0.25, 0.3) is 5.91 Å². The van der Waals surface area contributed by atoms with Gasteiger partial charge in [0, 0.05) is 12.1 Å². The lowest BCUT2D eigenvalue weighted by atomic mass is 10.2. The SMILES string of the molecule is CCC[C@@H](C)NC(=O)COC(=O)[C@H](C)NC(=O)/C=C/c1ccc(OC)cc1. The average molecular weight is 376 g/mol. The lowest BCUT2D eigenvalue weighted by molar-refractivity contribution is -0.151. The summed E-state index contributed by atoms with van der Waals surface area (Å²) >= 11 is 0. The van der Waals surface area contributed by atoms with Gasteiger partial charge in [-0.2, -0.15) is 0 Å². The molecule has 2 amide bonds. The van der Waals surface area contributed by atoms with Gasteiger partial charge in [0.05, 0.1) is 7.11 Å². The van der Waals surface area contributed by atoms with Crippen LogP contribution < -0.4 is 15.4 Å². The summed E-state index contributed by atoms with van der Waals surface area (Å²) in [5.74, 6) is -0.737. The number of methoxy groups -OCH3 is 1. The van der Waals surface area contributed by atoms with Crippen LogP contribution in [-0.2, 0) is 19.1 Å². The molecule has 0 bridgehead atoms. The fourth-order valence-electron chi connectivity index (χ4n) is 2.29. The van der Waals surface area contributed by atoms with Gasteiger partial charge in [0.2, 0.25) is 5.91 Å². The van der Waals surface area contributed by atoms with Crippen LogP contribution in [0.5, 0.6) is 5.75 Å². The Morgan fingerprint density at radius 2 is 1.78 bits per heavy atom. The van der Waals surface area contributed by atoms with E-state index in [9.17, 15) is 14.4 Å². The van der Waals surface area contributed by atoms with Gasteiger partial charge in [-0.3, -0.25) is 9.59 Å². The number of hydrogen-bond donors (Lipinski definition) is 2. The van der Waals surface area contributed by atoms with Crippen LogP contribution in [0.2, 0.25) is 0 Å². The predicted molar refractivity (Wildman–Crippen MR) is 103 cm³/mol. The summed E-state index contributed by atoms with van der Waals surface area (Å²) in [6.07, 6.45) is 4.75. The molecule has 0 aliphatic heterocycles. The van der Waals surface area contributed by atoms with Gasteiger partial charge in [-0.1, -0.05) is 25.5 Å². The Kier molecular flexibility index (Phi) is 9.64. The molecule has 0 fully saturated rings. The third-order valence-corrected chi connectivity index (χ3v) is 3.73. The van der Waals surface area contributed by atoms with Gasteiger partial charge in [0.15, 0.2) is 6.61 Å². The highest BCUT2D eigenvalue weighted by molar-refractivity contribution is 5.94. The number of benzene rings is 1. The molecule has 7 nitrogen and oxygen atoms in total. The number of ether oxygens (including phenoxy) is 2. The third kappa shape index (κ3) is 8.89. The van der Waals surface area contributed by atoms with Crippen LogP contribution in [0.1, 0.15) is 39.2 Å². The molecule has 7 heteroatoms. The van der Waals surface area contributed by atoms with Crippen molar-refractivity contribution in [2.45, 2.75) is 45.7 Å². The summed E-state index contributed by atoms with van der Waals surface area (Å²) in [5.41, 5.74) is 0.819. The highest BCUT2D eigenvalue weighted by Gasteiger charge is 2.17. The standard InChI is InChI=1S/C20H28N2O5/c1-5-6-14(2)21-19(24)13-27-20(25)15(3)22-18(23)12-9-16-7-10-17(26-4)11-8-16/h7-12,14-15H,5-6,13H2,1-4H3,(H,21,24)(H,22,23)/b12-9+/t14-,15+/m1/s1. The Hall–Kier alpha value is -2.83. The van der Waals surface area contributed by atoms with Crippen LogP contribution in [-0.4, -0.2) is 43.6 Å². The molecule has 1 aromatic rings. The maximum atomic E-state index is 11.9. The van der Waals surface area contributed by atoms with E-state index in [1.807, 2.05) is 13.8 Å². The van der Waals surface area contributed by atoms with Gasteiger partial charge in [-0.05, 0) is 44.0 Å². The highest BCUT2D eigenvalue weighted by atomic mass is 16.5. The fourth-order valence-corrected chi connectivity index (χ4v) is 2.29. The van der Waals surface area contributed by atoms with E-state index in [-0.39, 0.29) is 18.6 Å². The van der Waals surface area contributed by atoms with Crippen molar-refractivity contribution < 1.29 is 23.9 Å². The number of esters is 1. The number of hydrogen-bond acceptors (Lipinski definition) is 5. The molecule has 2 atom stereocenters. The molecule has 0 heterocycles. The molecule has 1 rings (SSSR count). The molecule has 0 aliphatic rings. The molecular formula is C20H28N2O5. The molecule has 148 valence electrons. The molecule has 0 saturated carbocycles. The quantitative estimate of drug-likeness (QED) is 0.482. The van der Waals surface area contributed by atoms with Crippen molar-refractivity contribution in [1.29, 1.82) is 0 Å². The maximum Gasteiger partial charge on any atom is 0.328 e. The second kappa shape index (κ2) is 11.7. The Morgan fingerprint density at radius 1 is 1.11 bits per heavy atom. The zero-order chi connectivity index (χ0) is 20.2. The first-order valence-electron chi connectivity index (χ1n) is 8.94. The lowest BCUT2D eigenvalue weighted by Crippen LogP contribution is -2.41. The van der Waals surface area contributed by atoms with Gasteiger partial charge >= 0.3 is 5.97 Å². The zero-order valence-corrected chi connectivity index (χ0v) is 16.3. The first kappa shape index (κ1) is 22.2. The Morgan fingerprint density at radius 3 is 2.37 bits per heavy atom. The zero-order valence-electron chi connectivity index (χ0n) is 16.3. The largest absolute Gasteiger partial charge is 0.497 e. The number of carbonyl (C=O) groups is 3. The van der Waals surface area contributed by atoms with Crippen LogP contribution >= 0.6 is 0 Å². The van der Waals surface area contributed by atoms with Crippen molar-refractivity contribution >= 4 is 23.9 Å². The van der Waals surface area contributed by atoms with E-state index in [1.165, 1.54) is 13.0 Å². The number of nitrogens with one attached hydrogen (secondary N) is 2. The summed E-state index contributed by atoms with van der Waals surface area (Å²) < 4.78 is 9.99. The van der Waals surface area contributed by atoms with Crippen molar-refractivity contribution in [3.8, 4) is 5.75 Å². The summed E-state index contributed by atoms with van der Waals surface area (Å²) in [4.78, 5) is 35.5. The normalized spacial score (nSPS) is 12.9. The minimum atomic E-state index is -0.862. The van der Waals surface area contributed by atoms with Crippen molar-refractivity contribution in [2.75, 3.05) is 13.7 Å². The Balaban J connectivity index is 2.39.